The van der Waals surface area contributed by atoms with Crippen molar-refractivity contribution in [1.82, 2.24) is 5.32 Å². The Kier molecular flexibility index (Phi) is 5.67. The van der Waals surface area contributed by atoms with Gasteiger partial charge in [0.15, 0.2) is 0 Å². The number of benzene rings is 2. The molecule has 0 aliphatic rings. The first-order chi connectivity index (χ1) is 9.93. The van der Waals surface area contributed by atoms with Gasteiger partial charge < -0.3 is 5.32 Å². The largest absolute Gasteiger partial charge is 0.306 e. The fourth-order valence-corrected chi connectivity index (χ4v) is 2.94. The number of rotatable bonds is 4. The molecule has 0 aromatic heterocycles. The van der Waals surface area contributed by atoms with Gasteiger partial charge in [-0.15, -0.1) is 0 Å². The van der Waals surface area contributed by atoms with E-state index in [9.17, 15) is 4.39 Å². The molecule has 0 saturated carbocycles. The fourth-order valence-electron chi connectivity index (χ4n) is 2.27. The zero-order valence-electron chi connectivity index (χ0n) is 11.7. The first-order valence-electron chi connectivity index (χ1n) is 6.58. The Morgan fingerprint density at radius 2 is 1.90 bits per heavy atom. The SMILES string of the molecule is CCNC(c1cc(Cl)ccc1C)c1cc(Cl)c(Br)cc1F. The van der Waals surface area contributed by atoms with Crippen molar-refractivity contribution in [3.05, 3.63) is 67.4 Å². The minimum absolute atomic E-state index is 0.292. The summed E-state index contributed by atoms with van der Waals surface area (Å²) in [5, 5.41) is 4.41. The Hall–Kier alpha value is -0.610. The van der Waals surface area contributed by atoms with Gasteiger partial charge in [-0.1, -0.05) is 36.2 Å². The molecule has 0 heterocycles. The first kappa shape index (κ1) is 16.8. The molecule has 1 atom stereocenters. The summed E-state index contributed by atoms with van der Waals surface area (Å²) in [6.45, 7) is 4.66. The number of aryl methyl sites for hydroxylation is 1. The monoisotopic (exact) mass is 389 g/mol. The van der Waals surface area contributed by atoms with Crippen molar-refractivity contribution in [3.8, 4) is 0 Å². The van der Waals surface area contributed by atoms with Crippen molar-refractivity contribution >= 4 is 39.1 Å². The molecule has 0 amide bonds. The van der Waals surface area contributed by atoms with E-state index in [1.165, 1.54) is 6.07 Å². The molecule has 21 heavy (non-hydrogen) atoms. The highest BCUT2D eigenvalue weighted by molar-refractivity contribution is 9.10. The van der Waals surface area contributed by atoms with Gasteiger partial charge >= 0.3 is 0 Å². The van der Waals surface area contributed by atoms with Crippen LogP contribution in [0.4, 0.5) is 4.39 Å². The topological polar surface area (TPSA) is 12.0 Å². The van der Waals surface area contributed by atoms with Crippen LogP contribution >= 0.6 is 39.1 Å². The quantitative estimate of drug-likeness (QED) is 0.640. The lowest BCUT2D eigenvalue weighted by molar-refractivity contribution is 0.557. The van der Waals surface area contributed by atoms with E-state index in [2.05, 4.69) is 21.2 Å². The molecule has 0 spiro atoms. The molecule has 0 radical (unpaired) electrons. The van der Waals surface area contributed by atoms with E-state index in [4.69, 9.17) is 23.2 Å². The smallest absolute Gasteiger partial charge is 0.129 e. The van der Waals surface area contributed by atoms with E-state index in [0.717, 1.165) is 11.1 Å². The van der Waals surface area contributed by atoms with Crippen LogP contribution < -0.4 is 5.32 Å². The third kappa shape index (κ3) is 3.78. The molecular formula is C16H15BrCl2FN. The standard InChI is InChI=1S/C16H15BrCl2FN/c1-3-21-16(11-6-10(18)5-4-9(11)2)12-7-14(19)13(17)8-15(12)20/h4-8,16,21H,3H2,1-2H3. The molecule has 0 aliphatic carbocycles. The fraction of sp³-hybridized carbons (Fsp3) is 0.250. The maximum absolute atomic E-state index is 14.4. The van der Waals surface area contributed by atoms with Gasteiger partial charge in [0.25, 0.3) is 0 Å². The molecule has 2 aromatic carbocycles. The second-order valence-corrected chi connectivity index (χ2v) is 6.48. The lowest BCUT2D eigenvalue weighted by atomic mass is 9.94. The van der Waals surface area contributed by atoms with Gasteiger partial charge in [0, 0.05) is 15.1 Å². The van der Waals surface area contributed by atoms with Crippen molar-refractivity contribution in [1.29, 1.82) is 0 Å². The molecule has 2 rings (SSSR count). The van der Waals surface area contributed by atoms with Crippen molar-refractivity contribution in [2.24, 2.45) is 0 Å². The van der Waals surface area contributed by atoms with Gasteiger partial charge in [-0.05, 0) is 64.8 Å². The van der Waals surface area contributed by atoms with Crippen LogP contribution in [0.15, 0.2) is 34.8 Å². The molecule has 5 heteroatoms. The summed E-state index contributed by atoms with van der Waals surface area (Å²) in [5.74, 6) is -0.309. The van der Waals surface area contributed by atoms with Crippen LogP contribution in [0.1, 0.15) is 29.7 Å². The Morgan fingerprint density at radius 1 is 1.19 bits per heavy atom. The molecular weight excluding hydrogens is 376 g/mol. The van der Waals surface area contributed by atoms with Gasteiger partial charge in [0.05, 0.1) is 11.1 Å². The van der Waals surface area contributed by atoms with Crippen LogP contribution in [-0.2, 0) is 0 Å². The van der Waals surface area contributed by atoms with Crippen molar-refractivity contribution in [2.75, 3.05) is 6.54 Å². The Labute approximate surface area is 142 Å². The predicted octanol–water partition coefficient (Wildman–Crippen LogP) is 5.90. The highest BCUT2D eigenvalue weighted by Gasteiger charge is 2.20. The van der Waals surface area contributed by atoms with Crippen LogP contribution in [0, 0.1) is 12.7 Å². The highest BCUT2D eigenvalue weighted by Crippen LogP contribution is 2.33. The predicted molar refractivity (Wildman–Crippen MR) is 90.8 cm³/mol. The number of halogens is 4. The van der Waals surface area contributed by atoms with Crippen molar-refractivity contribution in [3.63, 3.8) is 0 Å². The summed E-state index contributed by atoms with van der Waals surface area (Å²) in [4.78, 5) is 0. The molecule has 112 valence electrons. The summed E-state index contributed by atoms with van der Waals surface area (Å²) in [5.41, 5.74) is 2.50. The van der Waals surface area contributed by atoms with Gasteiger partial charge in [-0.2, -0.15) is 0 Å². The molecule has 1 nitrogen and oxygen atoms in total. The Bertz CT molecular complexity index is 661. The van der Waals surface area contributed by atoms with Crippen LogP contribution in [0.5, 0.6) is 0 Å². The average molecular weight is 391 g/mol. The lowest BCUT2D eigenvalue weighted by Gasteiger charge is -2.22. The molecule has 0 bridgehead atoms. The number of nitrogens with one attached hydrogen (secondary N) is 1. The van der Waals surface area contributed by atoms with E-state index >= 15 is 0 Å². The van der Waals surface area contributed by atoms with E-state index in [1.807, 2.05) is 32.0 Å². The second kappa shape index (κ2) is 7.10. The second-order valence-electron chi connectivity index (χ2n) is 4.78. The normalized spacial score (nSPS) is 12.5. The van der Waals surface area contributed by atoms with E-state index in [1.54, 1.807) is 6.07 Å². The van der Waals surface area contributed by atoms with Gasteiger partial charge in [-0.25, -0.2) is 4.39 Å². The lowest BCUT2D eigenvalue weighted by Crippen LogP contribution is -2.24. The van der Waals surface area contributed by atoms with Gasteiger partial charge in [-0.3, -0.25) is 0 Å². The van der Waals surface area contributed by atoms with E-state index in [-0.39, 0.29) is 11.9 Å². The molecule has 2 aromatic rings. The summed E-state index contributed by atoms with van der Waals surface area (Å²) in [6.07, 6.45) is 0. The van der Waals surface area contributed by atoms with Crippen LogP contribution in [0.3, 0.4) is 0 Å². The van der Waals surface area contributed by atoms with Crippen LogP contribution in [0.25, 0.3) is 0 Å². The minimum Gasteiger partial charge on any atom is -0.306 e. The van der Waals surface area contributed by atoms with Crippen molar-refractivity contribution in [2.45, 2.75) is 19.9 Å². The van der Waals surface area contributed by atoms with Crippen molar-refractivity contribution < 1.29 is 4.39 Å². The molecule has 1 N–H and O–H groups in total. The summed E-state index contributed by atoms with van der Waals surface area (Å²) in [7, 11) is 0. The number of hydrogen-bond donors (Lipinski definition) is 1. The third-order valence-electron chi connectivity index (χ3n) is 3.31. The first-order valence-corrected chi connectivity index (χ1v) is 8.12. The minimum atomic E-state index is -0.309. The van der Waals surface area contributed by atoms with Crippen LogP contribution in [0.2, 0.25) is 10.0 Å². The maximum atomic E-state index is 14.4. The summed E-state index contributed by atoms with van der Waals surface area (Å²) in [6, 6.07) is 8.37. The van der Waals surface area contributed by atoms with Gasteiger partial charge in [0.1, 0.15) is 5.82 Å². The zero-order valence-corrected chi connectivity index (χ0v) is 14.8. The molecule has 0 saturated heterocycles. The summed E-state index contributed by atoms with van der Waals surface area (Å²) < 4.78 is 14.9. The third-order valence-corrected chi connectivity index (χ3v) is 4.74. The number of hydrogen-bond acceptors (Lipinski definition) is 1. The molecule has 0 aliphatic heterocycles. The van der Waals surface area contributed by atoms with Crippen LogP contribution in [-0.4, -0.2) is 6.54 Å². The zero-order chi connectivity index (χ0) is 15.6. The Morgan fingerprint density at radius 3 is 2.57 bits per heavy atom. The Balaban J connectivity index is 2.58. The van der Waals surface area contributed by atoms with E-state index in [0.29, 0.717) is 26.6 Å². The molecule has 0 fully saturated rings. The highest BCUT2D eigenvalue weighted by atomic mass is 79.9. The van der Waals surface area contributed by atoms with E-state index < -0.39 is 0 Å². The van der Waals surface area contributed by atoms with Gasteiger partial charge in [0.2, 0.25) is 0 Å². The average Bonchev–Trinajstić information content (AvgIpc) is 2.43. The maximum Gasteiger partial charge on any atom is 0.129 e. The summed E-state index contributed by atoms with van der Waals surface area (Å²) >= 11 is 15.4. The molecule has 1 unspecified atom stereocenters.